The molecule has 1 spiro atoms. The minimum atomic E-state index is -0.381. The molecule has 0 fully saturated rings. The first-order valence-electron chi connectivity index (χ1n) is 21.1. The van der Waals surface area contributed by atoms with Crippen molar-refractivity contribution in [3.63, 3.8) is 0 Å². The average Bonchev–Trinajstić information content (AvgIpc) is 3.65. The van der Waals surface area contributed by atoms with Crippen LogP contribution in [0.25, 0.3) is 78.4 Å². The normalized spacial score (nSPS) is 12.9. The summed E-state index contributed by atoms with van der Waals surface area (Å²) in [6, 6.07) is 83.3. The van der Waals surface area contributed by atoms with Crippen LogP contribution in [0.15, 0.2) is 240 Å². The predicted octanol–water partition coefficient (Wildman–Crippen LogP) is 15.3. The van der Waals surface area contributed by atoms with Crippen molar-refractivity contribution in [2.24, 2.45) is 0 Å². The van der Waals surface area contributed by atoms with Crippen LogP contribution >= 0.6 is 11.8 Å². The molecule has 0 radical (unpaired) electrons. The molecule has 12 rings (SSSR count). The van der Waals surface area contributed by atoms with Crippen molar-refractivity contribution in [2.75, 3.05) is 0 Å². The van der Waals surface area contributed by atoms with E-state index in [9.17, 15) is 0 Å². The second-order valence-electron chi connectivity index (χ2n) is 16.1. The van der Waals surface area contributed by atoms with Crippen LogP contribution in [0, 0.1) is 0 Å². The van der Waals surface area contributed by atoms with Crippen molar-refractivity contribution in [1.29, 1.82) is 0 Å². The summed E-state index contributed by atoms with van der Waals surface area (Å²) in [5, 5.41) is 0. The second kappa shape index (κ2) is 14.8. The zero-order chi connectivity index (χ0) is 41.0. The van der Waals surface area contributed by atoms with Crippen LogP contribution in [0.1, 0.15) is 22.3 Å². The van der Waals surface area contributed by atoms with E-state index in [1.165, 1.54) is 59.9 Å². The van der Waals surface area contributed by atoms with Crippen molar-refractivity contribution in [3.05, 3.63) is 253 Å². The Labute approximate surface area is 366 Å². The van der Waals surface area contributed by atoms with E-state index in [1.807, 2.05) is 11.8 Å². The lowest BCUT2D eigenvalue weighted by Gasteiger charge is -2.39. The summed E-state index contributed by atoms with van der Waals surface area (Å²) in [6.45, 7) is 0. The van der Waals surface area contributed by atoms with Crippen LogP contribution in [0.3, 0.4) is 0 Å². The van der Waals surface area contributed by atoms with Crippen molar-refractivity contribution >= 4 is 11.8 Å². The van der Waals surface area contributed by atoms with Crippen molar-refractivity contribution in [3.8, 4) is 78.4 Å². The van der Waals surface area contributed by atoms with Gasteiger partial charge >= 0.3 is 0 Å². The summed E-state index contributed by atoms with van der Waals surface area (Å²) in [6.07, 6.45) is 0. The highest BCUT2D eigenvalue weighted by Crippen LogP contribution is 2.62. The quantitative estimate of drug-likeness (QED) is 0.167. The molecule has 10 aromatic rings. The number of rotatable bonds is 6. The van der Waals surface area contributed by atoms with Gasteiger partial charge in [0.15, 0.2) is 5.82 Å². The van der Waals surface area contributed by atoms with E-state index in [2.05, 4.69) is 231 Å². The molecule has 3 heteroatoms. The zero-order valence-corrected chi connectivity index (χ0v) is 34.6. The van der Waals surface area contributed by atoms with Gasteiger partial charge in [0.2, 0.25) is 0 Å². The molecule has 1 aromatic heterocycles. The maximum absolute atomic E-state index is 5.26. The molecule has 0 unspecified atom stereocenters. The molecule has 2 nitrogen and oxygen atoms in total. The number of fused-ring (bicyclic) bond motifs is 9. The first-order valence-corrected chi connectivity index (χ1v) is 22.0. The molecule has 0 N–H and O–H groups in total. The molecule has 0 saturated heterocycles. The summed E-state index contributed by atoms with van der Waals surface area (Å²) in [7, 11) is 0. The van der Waals surface area contributed by atoms with Crippen LogP contribution < -0.4 is 0 Å². The van der Waals surface area contributed by atoms with Gasteiger partial charge in [0.25, 0.3) is 0 Å². The molecular weight excluding hydrogens is 769 g/mol. The second-order valence-corrected chi connectivity index (χ2v) is 17.2. The highest BCUT2D eigenvalue weighted by molar-refractivity contribution is 7.99. The lowest BCUT2D eigenvalue weighted by molar-refractivity contribution is 0.722. The Morgan fingerprint density at radius 3 is 1.29 bits per heavy atom. The summed E-state index contributed by atoms with van der Waals surface area (Å²) in [5.41, 5.74) is 19.5. The minimum Gasteiger partial charge on any atom is -0.228 e. The third kappa shape index (κ3) is 5.96. The minimum absolute atomic E-state index is 0.381. The predicted molar refractivity (Wildman–Crippen MR) is 256 cm³/mol. The van der Waals surface area contributed by atoms with Gasteiger partial charge in [-0.05, 0) is 97.1 Å². The summed E-state index contributed by atoms with van der Waals surface area (Å²) < 4.78 is 0. The Hall–Kier alpha value is -7.59. The molecule has 0 amide bonds. The monoisotopic (exact) mass is 806 g/mol. The fraction of sp³-hybridized carbons (Fsp3) is 0.0169. The maximum Gasteiger partial charge on any atom is 0.160 e. The molecule has 2 aliphatic rings. The van der Waals surface area contributed by atoms with Crippen LogP contribution in [-0.2, 0) is 5.41 Å². The summed E-state index contributed by atoms with van der Waals surface area (Å²) in [5.74, 6) is 0.692. The van der Waals surface area contributed by atoms with Gasteiger partial charge in [0.05, 0.1) is 16.8 Å². The SMILES string of the molecule is c1ccc(-c2cccc(-c3cc(-c4cccc(-c5ccccc5)c4)nc(-c4ccc(-c5ccc6c(c5)Sc5ccccc5C65c6ccccc6-c6ccccc65)cc4)n3)c2)cc1. The molecule has 1 aliphatic heterocycles. The number of benzene rings is 9. The molecule has 0 atom stereocenters. The van der Waals surface area contributed by atoms with Crippen molar-refractivity contribution < 1.29 is 0 Å². The zero-order valence-electron chi connectivity index (χ0n) is 33.7. The maximum atomic E-state index is 5.26. The van der Waals surface area contributed by atoms with E-state index < -0.39 is 0 Å². The van der Waals surface area contributed by atoms with E-state index in [1.54, 1.807) is 0 Å². The Balaban J connectivity index is 0.952. The molecular formula is C59H38N2S. The highest BCUT2D eigenvalue weighted by atomic mass is 32.2. The Morgan fingerprint density at radius 2 is 0.694 bits per heavy atom. The van der Waals surface area contributed by atoms with E-state index >= 15 is 0 Å². The van der Waals surface area contributed by atoms with Crippen LogP contribution in [0.5, 0.6) is 0 Å². The molecule has 62 heavy (non-hydrogen) atoms. The first kappa shape index (κ1) is 36.3. The van der Waals surface area contributed by atoms with Crippen LogP contribution in [0.2, 0.25) is 0 Å². The highest BCUT2D eigenvalue weighted by Gasteiger charge is 2.50. The van der Waals surface area contributed by atoms with Crippen LogP contribution in [-0.4, -0.2) is 9.97 Å². The van der Waals surface area contributed by atoms with E-state index in [-0.39, 0.29) is 5.41 Å². The van der Waals surface area contributed by atoms with Gasteiger partial charge in [-0.3, -0.25) is 0 Å². The Morgan fingerprint density at radius 1 is 0.274 bits per heavy atom. The number of aromatic nitrogens is 2. The van der Waals surface area contributed by atoms with Crippen LogP contribution in [0.4, 0.5) is 0 Å². The van der Waals surface area contributed by atoms with E-state index in [0.29, 0.717) is 5.82 Å². The fourth-order valence-corrected chi connectivity index (χ4v) is 10.9. The Bertz CT molecular complexity index is 3170. The average molecular weight is 807 g/mol. The summed E-state index contributed by atoms with van der Waals surface area (Å²) >= 11 is 1.88. The molecule has 0 bridgehead atoms. The van der Waals surface area contributed by atoms with E-state index in [0.717, 1.165) is 44.8 Å². The number of nitrogens with zero attached hydrogens (tertiary/aromatic N) is 2. The van der Waals surface area contributed by atoms with Crippen molar-refractivity contribution in [1.82, 2.24) is 9.97 Å². The number of hydrogen-bond acceptors (Lipinski definition) is 3. The largest absolute Gasteiger partial charge is 0.228 e. The smallest absolute Gasteiger partial charge is 0.160 e. The standard InChI is InChI=1S/C59H38N2S/c1-3-15-39(16-4-1)43-19-13-21-46(35-43)54-38-55(47-22-14-20-44(36-47)40-17-5-2-6-18-40)61-58(60-54)42-31-29-41(30-32-42)45-33-34-53-57(37-45)62-56-28-12-11-27-52(56)59(53)50-25-9-7-23-48(50)49-24-8-10-26-51(49)59/h1-38H. The Kier molecular flexibility index (Phi) is 8.69. The summed E-state index contributed by atoms with van der Waals surface area (Å²) in [4.78, 5) is 13.1. The van der Waals surface area contributed by atoms with E-state index in [4.69, 9.17) is 9.97 Å². The third-order valence-corrected chi connectivity index (χ3v) is 13.7. The first-order chi connectivity index (χ1) is 30.7. The van der Waals surface area contributed by atoms with Gasteiger partial charge in [-0.15, -0.1) is 0 Å². The lowest BCUT2D eigenvalue weighted by Crippen LogP contribution is -2.31. The molecule has 290 valence electrons. The lowest BCUT2D eigenvalue weighted by atomic mass is 9.67. The van der Waals surface area contributed by atoms with Crippen molar-refractivity contribution in [2.45, 2.75) is 15.2 Å². The van der Waals surface area contributed by atoms with Gasteiger partial charge in [-0.2, -0.15) is 0 Å². The molecule has 0 saturated carbocycles. The van der Waals surface area contributed by atoms with Gasteiger partial charge in [0.1, 0.15) is 0 Å². The molecule has 1 aliphatic carbocycles. The van der Waals surface area contributed by atoms with Gasteiger partial charge in [-0.1, -0.05) is 212 Å². The van der Waals surface area contributed by atoms with Gasteiger partial charge in [0, 0.05) is 26.5 Å². The third-order valence-electron chi connectivity index (χ3n) is 12.6. The molecule has 9 aromatic carbocycles. The number of hydrogen-bond donors (Lipinski definition) is 0. The topological polar surface area (TPSA) is 25.8 Å². The molecule has 2 heterocycles. The van der Waals surface area contributed by atoms with Gasteiger partial charge < -0.3 is 0 Å². The fourth-order valence-electron chi connectivity index (χ4n) is 9.70. The van der Waals surface area contributed by atoms with Gasteiger partial charge in [-0.25, -0.2) is 9.97 Å².